The van der Waals surface area contributed by atoms with Gasteiger partial charge >= 0.3 is 118 Å². The molecule has 0 aliphatic rings. The Hall–Kier alpha value is 1.38. The van der Waals surface area contributed by atoms with Crippen LogP contribution in [0.4, 0.5) is 0 Å². The molecule has 0 aliphatic carbocycles. The van der Waals surface area contributed by atoms with E-state index in [4.69, 9.17) is 0 Å². The Balaban J connectivity index is -0.000000333. The van der Waals surface area contributed by atoms with E-state index in [1.807, 2.05) is 0 Å². The molecule has 0 unspecified atom stereocenters. The van der Waals surface area contributed by atoms with Gasteiger partial charge in [0.05, 0.1) is 36.1 Å². The monoisotopic (exact) mass is 392 g/mol. The van der Waals surface area contributed by atoms with Gasteiger partial charge in [-0.3, -0.25) is 4.90 Å². The smallest absolute Gasteiger partial charge is 0.549 e. The van der Waals surface area contributed by atoms with E-state index in [-0.39, 0.29) is 131 Å². The first kappa shape index (κ1) is 37.2. The van der Waals surface area contributed by atoms with Crippen molar-refractivity contribution in [1.29, 1.82) is 0 Å². The minimum atomic E-state index is -1.72. The van der Waals surface area contributed by atoms with Gasteiger partial charge in [0.15, 0.2) is 0 Å². The van der Waals surface area contributed by atoms with Crippen molar-refractivity contribution in [1.82, 2.24) is 9.80 Å². The SMILES string of the molecule is C=C(C(=O)[O-])N(CCN(CC(=O)[O-])CC(=O)[O-])CC(=O)[O-].[Na+].[Na+].[Na+].[Na+]. The molecular formula is C11H12N2Na4O8. The number of carboxylic acid groups (broad SMARTS) is 4. The van der Waals surface area contributed by atoms with Crippen LogP contribution in [0.15, 0.2) is 12.3 Å². The predicted molar refractivity (Wildman–Crippen MR) is 57.2 cm³/mol. The first-order valence-corrected chi connectivity index (χ1v) is 5.60. The molecule has 0 aromatic carbocycles. The third kappa shape index (κ3) is 19.9. The average Bonchev–Trinajstić information content (AvgIpc) is 2.31. The molecule has 14 heteroatoms. The van der Waals surface area contributed by atoms with Crippen molar-refractivity contribution < 1.29 is 158 Å². The molecule has 0 rings (SSSR count). The van der Waals surface area contributed by atoms with Crippen LogP contribution in [0.1, 0.15) is 0 Å². The normalized spacial score (nSPS) is 8.52. The van der Waals surface area contributed by atoms with Gasteiger partial charge in [-0.2, -0.15) is 0 Å². The fourth-order valence-corrected chi connectivity index (χ4v) is 1.44. The Morgan fingerprint density at radius 1 is 0.680 bits per heavy atom. The summed E-state index contributed by atoms with van der Waals surface area (Å²) in [5, 5.41) is 42.0. The number of hydrogen-bond acceptors (Lipinski definition) is 10. The molecule has 25 heavy (non-hydrogen) atoms. The molecule has 0 aliphatic heterocycles. The zero-order chi connectivity index (χ0) is 16.6. The van der Waals surface area contributed by atoms with Crippen LogP contribution in [0.25, 0.3) is 0 Å². The van der Waals surface area contributed by atoms with Gasteiger partial charge in [0, 0.05) is 26.2 Å². The second-order valence-corrected chi connectivity index (χ2v) is 3.98. The number of hydrogen-bond donors (Lipinski definition) is 0. The van der Waals surface area contributed by atoms with E-state index < -0.39 is 49.2 Å². The first-order chi connectivity index (χ1) is 9.63. The Labute approximate surface area is 233 Å². The minimum absolute atomic E-state index is 0. The number of nitrogens with zero attached hydrogens (tertiary/aromatic N) is 2. The summed E-state index contributed by atoms with van der Waals surface area (Å²) in [6, 6.07) is 0. The Morgan fingerprint density at radius 3 is 1.32 bits per heavy atom. The van der Waals surface area contributed by atoms with E-state index in [0.29, 0.717) is 0 Å². The Kier molecular flexibility index (Phi) is 29.9. The first-order valence-electron chi connectivity index (χ1n) is 5.60. The molecule has 0 radical (unpaired) electrons. The summed E-state index contributed by atoms with van der Waals surface area (Å²) in [4.78, 5) is 43.7. The van der Waals surface area contributed by atoms with Crippen LogP contribution in [0.3, 0.4) is 0 Å². The number of carbonyl (C=O) groups excluding carboxylic acids is 4. The molecule has 0 heterocycles. The summed E-state index contributed by atoms with van der Waals surface area (Å²) in [7, 11) is 0. The molecule has 0 N–H and O–H groups in total. The third-order valence-electron chi connectivity index (χ3n) is 2.33. The summed E-state index contributed by atoms with van der Waals surface area (Å²) >= 11 is 0. The zero-order valence-corrected chi connectivity index (χ0v) is 22.9. The van der Waals surface area contributed by atoms with Gasteiger partial charge in [0.25, 0.3) is 0 Å². The predicted octanol–water partition coefficient (Wildman–Crippen LogP) is -18.9. The average molecular weight is 392 g/mol. The van der Waals surface area contributed by atoms with E-state index >= 15 is 0 Å². The van der Waals surface area contributed by atoms with Crippen molar-refractivity contribution >= 4 is 23.9 Å². The molecule has 0 spiro atoms. The number of aliphatic carboxylic acids is 4. The van der Waals surface area contributed by atoms with Crippen molar-refractivity contribution in [2.75, 3.05) is 32.7 Å². The maximum absolute atomic E-state index is 10.6. The van der Waals surface area contributed by atoms with Gasteiger partial charge in [0.1, 0.15) is 0 Å². The second-order valence-electron chi connectivity index (χ2n) is 3.98. The van der Waals surface area contributed by atoms with E-state index in [9.17, 15) is 39.6 Å². The van der Waals surface area contributed by atoms with Gasteiger partial charge < -0.3 is 44.5 Å². The second kappa shape index (κ2) is 20.1. The van der Waals surface area contributed by atoms with E-state index in [0.717, 1.165) is 9.80 Å². The van der Waals surface area contributed by atoms with Crippen LogP contribution in [0.5, 0.6) is 0 Å². The largest absolute Gasteiger partial charge is 1.00 e. The van der Waals surface area contributed by atoms with E-state index in [1.54, 1.807) is 0 Å². The molecule has 0 atom stereocenters. The number of carboxylic acids is 4. The van der Waals surface area contributed by atoms with Crippen LogP contribution in [-0.4, -0.2) is 66.4 Å². The van der Waals surface area contributed by atoms with Gasteiger partial charge in [0.2, 0.25) is 0 Å². The Morgan fingerprint density at radius 2 is 1.04 bits per heavy atom. The Bertz CT molecular complexity index is 447. The van der Waals surface area contributed by atoms with E-state index in [1.165, 1.54) is 0 Å². The molecule has 0 saturated carbocycles. The molecule has 10 nitrogen and oxygen atoms in total. The van der Waals surface area contributed by atoms with Crippen molar-refractivity contribution in [2.45, 2.75) is 0 Å². The van der Waals surface area contributed by atoms with Crippen LogP contribution in [0, 0.1) is 0 Å². The number of rotatable bonds is 11. The summed E-state index contributed by atoms with van der Waals surface area (Å²) in [5.74, 6) is -6.42. The fraction of sp³-hybridized carbons (Fsp3) is 0.455. The third-order valence-corrected chi connectivity index (χ3v) is 2.33. The summed E-state index contributed by atoms with van der Waals surface area (Å²) in [6.45, 7) is 0.198. The van der Waals surface area contributed by atoms with Crippen molar-refractivity contribution in [2.24, 2.45) is 0 Å². The quantitative estimate of drug-likeness (QED) is 0.243. The molecular weight excluding hydrogens is 380 g/mol. The van der Waals surface area contributed by atoms with Gasteiger partial charge in [-0.05, 0) is 0 Å². The van der Waals surface area contributed by atoms with Gasteiger partial charge in [-0.25, -0.2) is 0 Å². The molecule has 0 bridgehead atoms. The van der Waals surface area contributed by atoms with Crippen molar-refractivity contribution in [3.05, 3.63) is 12.3 Å². The molecule has 0 aromatic rings. The summed E-state index contributed by atoms with van der Waals surface area (Å²) < 4.78 is 0. The van der Waals surface area contributed by atoms with Gasteiger partial charge in [-0.15, -0.1) is 0 Å². The van der Waals surface area contributed by atoms with E-state index in [2.05, 4.69) is 6.58 Å². The van der Waals surface area contributed by atoms with Crippen molar-refractivity contribution in [3.63, 3.8) is 0 Å². The molecule has 118 valence electrons. The minimum Gasteiger partial charge on any atom is -0.549 e. The molecule has 0 aromatic heterocycles. The van der Waals surface area contributed by atoms with Crippen molar-refractivity contribution in [3.8, 4) is 0 Å². The number of carbonyl (C=O) groups is 4. The van der Waals surface area contributed by atoms with Crippen LogP contribution >= 0.6 is 0 Å². The van der Waals surface area contributed by atoms with Crippen LogP contribution in [0.2, 0.25) is 0 Å². The maximum Gasteiger partial charge on any atom is 1.00 e. The maximum atomic E-state index is 10.6. The van der Waals surface area contributed by atoms with Crippen LogP contribution < -0.4 is 139 Å². The summed E-state index contributed by atoms with van der Waals surface area (Å²) in [6.07, 6.45) is 0. The summed E-state index contributed by atoms with van der Waals surface area (Å²) in [5.41, 5.74) is -0.652. The fourth-order valence-electron chi connectivity index (χ4n) is 1.44. The zero-order valence-electron chi connectivity index (χ0n) is 14.9. The molecule has 0 saturated heterocycles. The molecule has 0 amide bonds. The molecule has 0 fully saturated rings. The van der Waals surface area contributed by atoms with Gasteiger partial charge in [-0.1, -0.05) is 6.58 Å². The van der Waals surface area contributed by atoms with Crippen LogP contribution in [-0.2, 0) is 19.2 Å². The topological polar surface area (TPSA) is 167 Å². The standard InChI is InChI=1S/C11H16N2O8.4Na/c1-7(11(20)21)13(6-10(18)19)3-2-12(4-8(14)15)5-9(16)17;;;;/h1-6H2,(H,14,15)(H,16,17)(H,18,19)(H,20,21);;;;/q;4*+1/p-4.